The van der Waals surface area contributed by atoms with Crippen LogP contribution in [0.3, 0.4) is 0 Å². The highest BCUT2D eigenvalue weighted by atomic mass is 32.2. The summed E-state index contributed by atoms with van der Waals surface area (Å²) in [6.07, 6.45) is 1.61. The number of thioether (sulfide) groups is 1. The molecule has 0 spiro atoms. The molecule has 0 fully saturated rings. The molecule has 9 nitrogen and oxygen atoms in total. The third-order valence-electron chi connectivity index (χ3n) is 6.43. The lowest BCUT2D eigenvalue weighted by Crippen LogP contribution is -2.25. The number of anilines is 1. The summed E-state index contributed by atoms with van der Waals surface area (Å²) < 4.78 is 12.6. The number of rotatable bonds is 13. The number of hydrogen-bond acceptors (Lipinski definition) is 7. The predicted octanol–water partition coefficient (Wildman–Crippen LogP) is 5.46. The molecule has 0 aliphatic carbocycles. The number of aryl methyl sites for hydroxylation is 2. The first-order valence-corrected chi connectivity index (χ1v) is 14.6. The van der Waals surface area contributed by atoms with Gasteiger partial charge in [-0.05, 0) is 79.4 Å². The van der Waals surface area contributed by atoms with Crippen LogP contribution in [0.5, 0.6) is 11.5 Å². The van der Waals surface area contributed by atoms with Crippen molar-refractivity contribution in [1.29, 1.82) is 0 Å². The maximum Gasteiger partial charge on any atom is 0.251 e. The van der Waals surface area contributed by atoms with E-state index in [4.69, 9.17) is 9.47 Å². The Morgan fingerprint density at radius 3 is 2.15 bits per heavy atom. The smallest absolute Gasteiger partial charge is 0.251 e. The van der Waals surface area contributed by atoms with Gasteiger partial charge in [-0.2, -0.15) is 0 Å². The number of carbonyl (C=O) groups excluding carboxylic acids is 2. The Bertz CT molecular complexity index is 1450. The van der Waals surface area contributed by atoms with Crippen molar-refractivity contribution in [2.45, 2.75) is 45.3 Å². The normalized spacial score (nSPS) is 10.7. The van der Waals surface area contributed by atoms with Crippen molar-refractivity contribution in [2.24, 2.45) is 0 Å². The summed E-state index contributed by atoms with van der Waals surface area (Å²) in [5.74, 6) is 1.75. The Morgan fingerprint density at radius 2 is 1.54 bits per heavy atom. The van der Waals surface area contributed by atoms with Crippen LogP contribution >= 0.6 is 11.8 Å². The van der Waals surface area contributed by atoms with Gasteiger partial charge < -0.3 is 20.1 Å². The molecular formula is C31H35N5O4S. The molecule has 41 heavy (non-hydrogen) atoms. The molecule has 0 aliphatic heterocycles. The minimum atomic E-state index is -0.231. The van der Waals surface area contributed by atoms with E-state index in [1.807, 2.05) is 41.8 Å². The second-order valence-electron chi connectivity index (χ2n) is 9.07. The van der Waals surface area contributed by atoms with Crippen LogP contribution in [-0.2, 0) is 24.2 Å². The van der Waals surface area contributed by atoms with Crippen LogP contribution in [0.2, 0.25) is 0 Å². The molecule has 0 unspecified atom stereocenters. The lowest BCUT2D eigenvalue weighted by Gasteiger charge is -2.18. The van der Waals surface area contributed by atoms with Gasteiger partial charge in [-0.1, -0.05) is 43.8 Å². The highest BCUT2D eigenvalue weighted by Gasteiger charge is 2.21. The molecule has 0 atom stereocenters. The largest absolute Gasteiger partial charge is 0.497 e. The van der Waals surface area contributed by atoms with Crippen LogP contribution < -0.4 is 20.1 Å². The number of ether oxygens (including phenoxy) is 2. The maximum atomic E-state index is 12.9. The van der Waals surface area contributed by atoms with Gasteiger partial charge in [-0.3, -0.25) is 14.2 Å². The lowest BCUT2D eigenvalue weighted by atomic mass is 10.0. The van der Waals surface area contributed by atoms with E-state index < -0.39 is 0 Å². The van der Waals surface area contributed by atoms with E-state index in [1.165, 1.54) is 11.8 Å². The fourth-order valence-electron chi connectivity index (χ4n) is 4.37. The number of hydrogen-bond donors (Lipinski definition) is 2. The molecule has 0 bridgehead atoms. The van der Waals surface area contributed by atoms with Crippen molar-refractivity contribution in [2.75, 3.05) is 24.8 Å². The lowest BCUT2D eigenvalue weighted by molar-refractivity contribution is -0.113. The first-order valence-electron chi connectivity index (χ1n) is 13.6. The molecule has 0 radical (unpaired) electrons. The third kappa shape index (κ3) is 7.46. The Morgan fingerprint density at radius 1 is 0.878 bits per heavy atom. The molecule has 1 heterocycles. The summed E-state index contributed by atoms with van der Waals surface area (Å²) in [5, 5.41) is 15.3. The summed E-state index contributed by atoms with van der Waals surface area (Å²) >= 11 is 1.30. The van der Waals surface area contributed by atoms with Crippen molar-refractivity contribution >= 4 is 29.3 Å². The Balaban J connectivity index is 1.56. The number of aromatic nitrogens is 3. The van der Waals surface area contributed by atoms with E-state index in [-0.39, 0.29) is 24.1 Å². The van der Waals surface area contributed by atoms with E-state index in [0.717, 1.165) is 35.4 Å². The van der Waals surface area contributed by atoms with E-state index in [9.17, 15) is 9.59 Å². The van der Waals surface area contributed by atoms with Gasteiger partial charge in [0.15, 0.2) is 11.0 Å². The zero-order valence-corrected chi connectivity index (χ0v) is 24.6. The van der Waals surface area contributed by atoms with Gasteiger partial charge in [-0.15, -0.1) is 10.2 Å². The summed E-state index contributed by atoms with van der Waals surface area (Å²) in [7, 11) is 1.58. The molecule has 214 valence electrons. The highest BCUT2D eigenvalue weighted by molar-refractivity contribution is 7.99. The maximum absolute atomic E-state index is 12.9. The zero-order valence-electron chi connectivity index (χ0n) is 23.8. The second kappa shape index (κ2) is 14.4. The molecule has 0 saturated carbocycles. The van der Waals surface area contributed by atoms with Gasteiger partial charge in [-0.25, -0.2) is 0 Å². The number of para-hydroxylation sites is 1. The van der Waals surface area contributed by atoms with E-state index in [0.29, 0.717) is 34.6 Å². The third-order valence-corrected chi connectivity index (χ3v) is 7.36. The van der Waals surface area contributed by atoms with Gasteiger partial charge in [0, 0.05) is 11.3 Å². The van der Waals surface area contributed by atoms with Crippen LogP contribution in [0.25, 0.3) is 5.69 Å². The van der Waals surface area contributed by atoms with Crippen molar-refractivity contribution in [3.8, 4) is 17.2 Å². The highest BCUT2D eigenvalue weighted by Crippen LogP contribution is 2.29. The Kier molecular flexibility index (Phi) is 10.4. The van der Waals surface area contributed by atoms with Gasteiger partial charge >= 0.3 is 0 Å². The average molecular weight is 574 g/mol. The molecule has 4 aromatic rings. The molecule has 4 rings (SSSR count). The minimum absolute atomic E-state index is 0.138. The predicted molar refractivity (Wildman–Crippen MR) is 161 cm³/mol. The molecule has 2 amide bonds. The molecule has 1 aromatic heterocycles. The van der Waals surface area contributed by atoms with Crippen molar-refractivity contribution in [1.82, 2.24) is 20.1 Å². The number of amides is 2. The molecular weight excluding hydrogens is 538 g/mol. The van der Waals surface area contributed by atoms with Crippen LogP contribution in [-0.4, -0.2) is 46.0 Å². The number of benzene rings is 3. The fourth-order valence-corrected chi connectivity index (χ4v) is 5.12. The number of nitrogens with zero attached hydrogens (tertiary/aromatic N) is 3. The summed E-state index contributed by atoms with van der Waals surface area (Å²) in [6, 6.07) is 20.4. The molecule has 0 saturated heterocycles. The van der Waals surface area contributed by atoms with Crippen LogP contribution in [0.4, 0.5) is 5.69 Å². The van der Waals surface area contributed by atoms with Crippen LogP contribution in [0, 0.1) is 0 Å². The van der Waals surface area contributed by atoms with Crippen molar-refractivity contribution in [3.05, 3.63) is 89.2 Å². The molecule has 3 aromatic carbocycles. The minimum Gasteiger partial charge on any atom is -0.497 e. The monoisotopic (exact) mass is 573 g/mol. The quantitative estimate of drug-likeness (QED) is 0.205. The molecule has 0 aliphatic rings. The average Bonchev–Trinajstić information content (AvgIpc) is 3.41. The van der Waals surface area contributed by atoms with E-state index >= 15 is 0 Å². The van der Waals surface area contributed by atoms with Gasteiger partial charge in [0.1, 0.15) is 11.5 Å². The topological polar surface area (TPSA) is 107 Å². The number of methoxy groups -OCH3 is 1. The number of carbonyl (C=O) groups is 2. The first kappa shape index (κ1) is 29.7. The Hall–Kier alpha value is -4.31. The standard InChI is InChI=1S/C31H35N5O4S/c1-5-21-9-8-10-22(6-2)29(21)36-27(19-32-30(38)23-11-15-25(39-4)16-12-23)34-35-31(36)41-20-28(37)33-24-13-17-26(18-14-24)40-7-3/h8-18H,5-7,19-20H2,1-4H3,(H,32,38)(H,33,37). The summed E-state index contributed by atoms with van der Waals surface area (Å²) in [6.45, 7) is 6.87. The van der Waals surface area contributed by atoms with Crippen molar-refractivity contribution < 1.29 is 19.1 Å². The van der Waals surface area contributed by atoms with Gasteiger partial charge in [0.2, 0.25) is 5.91 Å². The summed E-state index contributed by atoms with van der Waals surface area (Å²) in [5.41, 5.74) is 4.46. The molecule has 2 N–H and O–H groups in total. The van der Waals surface area contributed by atoms with E-state index in [1.54, 1.807) is 31.4 Å². The summed E-state index contributed by atoms with van der Waals surface area (Å²) in [4.78, 5) is 25.7. The fraction of sp³-hybridized carbons (Fsp3) is 0.290. The van der Waals surface area contributed by atoms with Gasteiger partial charge in [0.05, 0.1) is 31.7 Å². The van der Waals surface area contributed by atoms with Crippen LogP contribution in [0.15, 0.2) is 71.9 Å². The second-order valence-corrected chi connectivity index (χ2v) is 10.0. The van der Waals surface area contributed by atoms with E-state index in [2.05, 4.69) is 46.8 Å². The van der Waals surface area contributed by atoms with Crippen molar-refractivity contribution in [3.63, 3.8) is 0 Å². The zero-order chi connectivity index (χ0) is 29.2. The Labute approximate surface area is 244 Å². The molecule has 10 heteroatoms. The first-order chi connectivity index (χ1) is 20.0. The van der Waals surface area contributed by atoms with Crippen LogP contribution in [0.1, 0.15) is 48.1 Å². The SMILES string of the molecule is CCOc1ccc(NC(=O)CSc2nnc(CNC(=O)c3ccc(OC)cc3)n2-c2c(CC)cccc2CC)cc1. The number of nitrogens with one attached hydrogen (secondary N) is 2. The van der Waals surface area contributed by atoms with Gasteiger partial charge in [0.25, 0.3) is 5.91 Å².